The number of carboxylic acids is 1. The number of hydrogen-bond acceptors (Lipinski definition) is 5. The summed E-state index contributed by atoms with van der Waals surface area (Å²) in [4.78, 5) is 10.4. The molecular weight excluding hydrogens is 208 g/mol. The van der Waals surface area contributed by atoms with E-state index in [4.69, 9.17) is 5.11 Å². The fraction of sp³-hybridized carbons (Fsp3) is 0.750. The number of aliphatic carboxylic acids is 1. The van der Waals surface area contributed by atoms with Gasteiger partial charge in [-0.1, -0.05) is 0 Å². The van der Waals surface area contributed by atoms with Crippen LogP contribution in [0.2, 0.25) is 0 Å². The summed E-state index contributed by atoms with van der Waals surface area (Å²) in [5, 5.41) is 8.53. The standard InChI is InChI=1S/C4H8O2S4/c1-3(7,8)4(9,10)2(5)6/h7-10H,1H3,(H,5,6). The van der Waals surface area contributed by atoms with E-state index in [1.54, 1.807) is 0 Å². The van der Waals surface area contributed by atoms with E-state index in [9.17, 15) is 4.79 Å². The zero-order valence-electron chi connectivity index (χ0n) is 5.14. The highest BCUT2D eigenvalue weighted by molar-refractivity contribution is 8.09. The van der Waals surface area contributed by atoms with E-state index >= 15 is 0 Å². The second-order valence-electron chi connectivity index (χ2n) is 2.00. The molecule has 0 aromatic heterocycles. The van der Waals surface area contributed by atoms with Gasteiger partial charge in [0, 0.05) is 0 Å². The predicted octanol–water partition coefficient (Wildman–Crippen LogP) is 1.20. The SMILES string of the molecule is CC(S)(S)C(S)(S)C(=O)O. The second kappa shape index (κ2) is 3.08. The first kappa shape index (κ1) is 10.9. The lowest BCUT2D eigenvalue weighted by Gasteiger charge is -2.30. The number of carbonyl (C=O) groups is 1. The van der Waals surface area contributed by atoms with E-state index in [-0.39, 0.29) is 0 Å². The molecule has 0 atom stereocenters. The average Bonchev–Trinajstić information content (AvgIpc) is 1.62. The molecule has 0 fully saturated rings. The fourth-order valence-electron chi connectivity index (χ4n) is 0.203. The van der Waals surface area contributed by atoms with E-state index in [0.29, 0.717) is 0 Å². The van der Waals surface area contributed by atoms with E-state index in [1.165, 1.54) is 6.92 Å². The lowest BCUT2D eigenvalue weighted by molar-refractivity contribution is -0.137. The van der Waals surface area contributed by atoms with Crippen molar-refractivity contribution in [2.75, 3.05) is 0 Å². The quantitative estimate of drug-likeness (QED) is 0.355. The van der Waals surface area contributed by atoms with Gasteiger partial charge in [0.25, 0.3) is 0 Å². The van der Waals surface area contributed by atoms with Crippen molar-refractivity contribution >= 4 is 56.5 Å². The molecule has 0 radical (unpaired) electrons. The molecule has 0 saturated carbocycles. The molecule has 0 amide bonds. The van der Waals surface area contributed by atoms with Crippen molar-refractivity contribution < 1.29 is 9.90 Å². The Morgan fingerprint density at radius 1 is 1.30 bits per heavy atom. The molecule has 0 saturated heterocycles. The van der Waals surface area contributed by atoms with Gasteiger partial charge in [0.1, 0.15) is 0 Å². The molecular formula is C4H8O2S4. The third-order valence-electron chi connectivity index (χ3n) is 0.959. The Bertz CT molecular complexity index is 148. The van der Waals surface area contributed by atoms with Crippen molar-refractivity contribution in [2.24, 2.45) is 0 Å². The molecule has 0 aliphatic carbocycles. The van der Waals surface area contributed by atoms with Crippen LogP contribution in [0.5, 0.6) is 0 Å². The third kappa shape index (κ3) is 2.18. The van der Waals surface area contributed by atoms with Gasteiger partial charge < -0.3 is 5.11 Å². The van der Waals surface area contributed by atoms with Gasteiger partial charge in [-0.3, -0.25) is 0 Å². The first-order chi connectivity index (χ1) is 4.19. The van der Waals surface area contributed by atoms with Crippen molar-refractivity contribution in [3.8, 4) is 0 Å². The minimum Gasteiger partial charge on any atom is -0.480 e. The Morgan fingerprint density at radius 3 is 1.60 bits per heavy atom. The van der Waals surface area contributed by atoms with Gasteiger partial charge in [-0.05, 0) is 6.92 Å². The summed E-state index contributed by atoms with van der Waals surface area (Å²) in [6, 6.07) is 0. The van der Waals surface area contributed by atoms with Crippen LogP contribution < -0.4 is 0 Å². The molecule has 0 heterocycles. The molecule has 0 unspecified atom stereocenters. The van der Waals surface area contributed by atoms with Crippen LogP contribution in [-0.4, -0.2) is 19.2 Å². The molecule has 1 N–H and O–H groups in total. The molecule has 60 valence electrons. The van der Waals surface area contributed by atoms with Crippen molar-refractivity contribution in [3.05, 3.63) is 0 Å². The molecule has 10 heavy (non-hydrogen) atoms. The van der Waals surface area contributed by atoms with Gasteiger partial charge >= 0.3 is 5.97 Å². The molecule has 0 spiro atoms. The van der Waals surface area contributed by atoms with E-state index in [0.717, 1.165) is 0 Å². The van der Waals surface area contributed by atoms with Gasteiger partial charge in [-0.2, -0.15) is 25.3 Å². The fourth-order valence-corrected chi connectivity index (χ4v) is 0.394. The van der Waals surface area contributed by atoms with Gasteiger partial charge in [-0.25, -0.2) is 4.79 Å². The van der Waals surface area contributed by atoms with Crippen molar-refractivity contribution in [1.82, 2.24) is 0 Å². The maximum atomic E-state index is 10.4. The minimum absolute atomic E-state index is 1.06. The number of hydrogen-bond donors (Lipinski definition) is 5. The molecule has 2 nitrogen and oxygen atoms in total. The van der Waals surface area contributed by atoms with E-state index in [2.05, 4.69) is 50.5 Å². The zero-order valence-corrected chi connectivity index (χ0v) is 8.72. The van der Waals surface area contributed by atoms with Crippen LogP contribution in [0.3, 0.4) is 0 Å². The van der Waals surface area contributed by atoms with Crippen LogP contribution in [-0.2, 0) is 4.79 Å². The highest BCUT2D eigenvalue weighted by Gasteiger charge is 2.44. The maximum absolute atomic E-state index is 10.4. The molecule has 0 aliphatic rings. The van der Waals surface area contributed by atoms with Crippen LogP contribution in [0.4, 0.5) is 0 Å². The van der Waals surface area contributed by atoms with Crippen molar-refractivity contribution in [1.29, 1.82) is 0 Å². The predicted molar refractivity (Wildman–Crippen MR) is 54.7 cm³/mol. The second-order valence-corrected chi connectivity index (χ2v) is 5.83. The maximum Gasteiger partial charge on any atom is 0.331 e. The largest absolute Gasteiger partial charge is 0.480 e. The van der Waals surface area contributed by atoms with E-state index < -0.39 is 14.1 Å². The topological polar surface area (TPSA) is 37.3 Å². The smallest absolute Gasteiger partial charge is 0.331 e. The minimum atomic E-state index is -1.53. The number of thiol groups is 4. The highest BCUT2D eigenvalue weighted by Crippen LogP contribution is 2.40. The average molecular weight is 216 g/mol. The third-order valence-corrected chi connectivity index (χ3v) is 3.61. The Morgan fingerprint density at radius 2 is 1.60 bits per heavy atom. The molecule has 0 rings (SSSR count). The molecule has 0 aliphatic heterocycles. The first-order valence-electron chi connectivity index (χ1n) is 2.32. The van der Waals surface area contributed by atoms with Crippen LogP contribution in [0, 0.1) is 0 Å². The summed E-state index contributed by atoms with van der Waals surface area (Å²) in [5.41, 5.74) is 0. The van der Waals surface area contributed by atoms with Gasteiger partial charge in [-0.15, -0.1) is 25.3 Å². The van der Waals surface area contributed by atoms with Crippen LogP contribution in [0.15, 0.2) is 0 Å². The summed E-state index contributed by atoms with van der Waals surface area (Å²) >= 11 is 15.4. The van der Waals surface area contributed by atoms with Crippen molar-refractivity contribution in [3.63, 3.8) is 0 Å². The Balaban J connectivity index is 4.57. The molecule has 0 aromatic rings. The summed E-state index contributed by atoms with van der Waals surface area (Å²) in [7, 11) is 0. The van der Waals surface area contributed by atoms with Gasteiger partial charge in [0.15, 0.2) is 4.08 Å². The number of carboxylic acid groups (broad SMARTS) is 1. The van der Waals surface area contributed by atoms with Crippen LogP contribution >= 0.6 is 50.5 Å². The summed E-state index contributed by atoms with van der Waals surface area (Å²) < 4.78 is -2.59. The molecule has 0 aromatic carbocycles. The summed E-state index contributed by atoms with van der Waals surface area (Å²) in [6.07, 6.45) is 0. The Labute approximate surface area is 81.4 Å². The molecule has 0 bridgehead atoms. The lowest BCUT2D eigenvalue weighted by atomic mass is 10.3. The first-order valence-corrected chi connectivity index (χ1v) is 4.11. The monoisotopic (exact) mass is 216 g/mol. The normalized spacial score (nSPS) is 13.3. The Hall–Kier alpha value is 0.870. The highest BCUT2D eigenvalue weighted by atomic mass is 32.2. The Kier molecular flexibility index (Phi) is 3.35. The van der Waals surface area contributed by atoms with Crippen LogP contribution in [0.25, 0.3) is 0 Å². The van der Waals surface area contributed by atoms with Crippen molar-refractivity contribution in [2.45, 2.75) is 15.1 Å². The number of rotatable bonds is 2. The summed E-state index contributed by atoms with van der Waals surface area (Å²) in [5.74, 6) is -1.16. The van der Waals surface area contributed by atoms with Gasteiger partial charge in [0.2, 0.25) is 0 Å². The zero-order chi connectivity index (χ0) is 8.58. The van der Waals surface area contributed by atoms with Crippen LogP contribution in [0.1, 0.15) is 6.92 Å². The molecule has 6 heteroatoms. The lowest BCUT2D eigenvalue weighted by Crippen LogP contribution is -2.41. The van der Waals surface area contributed by atoms with E-state index in [1.807, 2.05) is 0 Å². The summed E-state index contributed by atoms with van der Waals surface area (Å²) in [6.45, 7) is 1.51. The van der Waals surface area contributed by atoms with Gasteiger partial charge in [0.05, 0.1) is 4.08 Å².